The summed E-state index contributed by atoms with van der Waals surface area (Å²) in [5.74, 6) is 4.63. The van der Waals surface area contributed by atoms with Gasteiger partial charge in [0.1, 0.15) is 11.5 Å². The molecule has 8 heteroatoms. The summed E-state index contributed by atoms with van der Waals surface area (Å²) in [6.07, 6.45) is 2.61. The summed E-state index contributed by atoms with van der Waals surface area (Å²) in [4.78, 5) is 19.6. The normalized spacial score (nSPS) is 10.1. The molecule has 1 amide bonds. The first kappa shape index (κ1) is 13.4. The van der Waals surface area contributed by atoms with Crippen LogP contribution in [0.25, 0.3) is 0 Å². The van der Waals surface area contributed by atoms with Gasteiger partial charge in [0.05, 0.1) is 16.9 Å². The quantitative estimate of drug-likeness (QED) is 0.592. The fourth-order valence-electron chi connectivity index (χ4n) is 1.29. The van der Waals surface area contributed by atoms with E-state index in [1.807, 2.05) is 0 Å². The van der Waals surface area contributed by atoms with Gasteiger partial charge in [-0.1, -0.05) is 0 Å². The molecular formula is C11H9BrFN5O. The lowest BCUT2D eigenvalue weighted by Crippen LogP contribution is -2.15. The maximum atomic E-state index is 13.0. The average molecular weight is 326 g/mol. The fraction of sp³-hybridized carbons (Fsp3) is 0. The monoisotopic (exact) mass is 325 g/mol. The van der Waals surface area contributed by atoms with Crippen LogP contribution in [-0.2, 0) is 0 Å². The van der Waals surface area contributed by atoms with Crippen molar-refractivity contribution >= 4 is 33.3 Å². The van der Waals surface area contributed by atoms with Gasteiger partial charge in [-0.3, -0.25) is 4.79 Å². The summed E-state index contributed by atoms with van der Waals surface area (Å²) in [7, 11) is 0. The van der Waals surface area contributed by atoms with E-state index in [9.17, 15) is 9.18 Å². The highest BCUT2D eigenvalue weighted by molar-refractivity contribution is 9.10. The number of benzene rings is 1. The number of amides is 1. The topological polar surface area (TPSA) is 92.9 Å². The fourth-order valence-corrected chi connectivity index (χ4v) is 1.67. The van der Waals surface area contributed by atoms with Crippen LogP contribution >= 0.6 is 15.9 Å². The highest BCUT2D eigenvalue weighted by Gasteiger charge is 2.09. The van der Waals surface area contributed by atoms with Crippen molar-refractivity contribution in [3.63, 3.8) is 0 Å². The molecule has 0 aliphatic heterocycles. The second-order valence-corrected chi connectivity index (χ2v) is 4.37. The predicted molar refractivity (Wildman–Crippen MR) is 71.9 cm³/mol. The number of hydrazine groups is 1. The summed E-state index contributed by atoms with van der Waals surface area (Å²) >= 11 is 3.03. The number of anilines is 2. The van der Waals surface area contributed by atoms with Crippen molar-refractivity contribution < 1.29 is 9.18 Å². The van der Waals surface area contributed by atoms with Crippen molar-refractivity contribution in [2.24, 2.45) is 5.84 Å². The Morgan fingerprint density at radius 1 is 1.32 bits per heavy atom. The Morgan fingerprint density at radius 3 is 2.68 bits per heavy atom. The lowest BCUT2D eigenvalue weighted by atomic mass is 10.3. The van der Waals surface area contributed by atoms with Gasteiger partial charge in [0, 0.05) is 5.69 Å². The zero-order valence-electron chi connectivity index (χ0n) is 9.52. The average Bonchev–Trinajstić information content (AvgIpc) is 2.43. The third-order valence-corrected chi connectivity index (χ3v) is 2.82. The summed E-state index contributed by atoms with van der Waals surface area (Å²) in [5.41, 5.74) is 2.87. The largest absolute Gasteiger partial charge is 0.321 e. The highest BCUT2D eigenvalue weighted by atomic mass is 79.9. The second kappa shape index (κ2) is 5.72. The SMILES string of the molecule is NNc1cnc(C(=O)Nc2ccc(F)c(Br)c2)cn1. The number of nitrogens with zero attached hydrogens (tertiary/aromatic N) is 2. The first-order chi connectivity index (χ1) is 9.10. The van der Waals surface area contributed by atoms with Gasteiger partial charge in [-0.2, -0.15) is 0 Å². The summed E-state index contributed by atoms with van der Waals surface area (Å²) < 4.78 is 13.3. The Kier molecular flexibility index (Phi) is 4.03. The van der Waals surface area contributed by atoms with Crippen LogP contribution in [0, 0.1) is 5.82 Å². The third kappa shape index (κ3) is 3.24. The molecule has 6 nitrogen and oxygen atoms in total. The molecule has 0 radical (unpaired) electrons. The molecule has 0 aliphatic carbocycles. The molecule has 2 rings (SSSR count). The number of nitrogen functional groups attached to an aromatic ring is 1. The van der Waals surface area contributed by atoms with Crippen LogP contribution in [0.15, 0.2) is 35.1 Å². The summed E-state index contributed by atoms with van der Waals surface area (Å²) in [6.45, 7) is 0. The maximum absolute atomic E-state index is 13.0. The molecule has 98 valence electrons. The van der Waals surface area contributed by atoms with E-state index in [-0.39, 0.29) is 10.2 Å². The first-order valence-electron chi connectivity index (χ1n) is 5.15. The van der Waals surface area contributed by atoms with Crippen molar-refractivity contribution in [3.05, 3.63) is 46.6 Å². The minimum atomic E-state index is -0.449. The number of nitrogens with one attached hydrogen (secondary N) is 2. The molecule has 2 aromatic rings. The molecule has 19 heavy (non-hydrogen) atoms. The summed E-state index contributed by atoms with van der Waals surface area (Å²) in [5, 5.41) is 2.57. The Hall–Kier alpha value is -2.06. The lowest BCUT2D eigenvalue weighted by molar-refractivity contribution is 0.102. The minimum absolute atomic E-state index is 0.124. The van der Waals surface area contributed by atoms with Crippen LogP contribution in [0.5, 0.6) is 0 Å². The number of halogens is 2. The van der Waals surface area contributed by atoms with E-state index in [2.05, 4.69) is 36.6 Å². The molecule has 0 fully saturated rings. The second-order valence-electron chi connectivity index (χ2n) is 3.51. The highest BCUT2D eigenvalue weighted by Crippen LogP contribution is 2.20. The molecule has 1 aromatic carbocycles. The predicted octanol–water partition coefficient (Wildman–Crippen LogP) is 1.92. The zero-order valence-corrected chi connectivity index (χ0v) is 11.1. The Bertz CT molecular complexity index is 605. The van der Waals surface area contributed by atoms with E-state index in [0.29, 0.717) is 11.5 Å². The first-order valence-corrected chi connectivity index (χ1v) is 5.94. The van der Waals surface area contributed by atoms with Crippen LogP contribution in [0.2, 0.25) is 0 Å². The standard InChI is InChI=1S/C11H9BrFN5O/c12-7-3-6(1-2-8(7)13)17-11(19)9-4-16-10(18-14)5-15-9/h1-5H,14H2,(H,16,18)(H,17,19). The molecule has 4 N–H and O–H groups in total. The number of carbonyl (C=O) groups excluding carboxylic acids is 1. The molecule has 0 saturated heterocycles. The van der Waals surface area contributed by atoms with Gasteiger partial charge < -0.3 is 10.7 Å². The molecule has 0 saturated carbocycles. The molecule has 0 aliphatic rings. The number of nitrogens with two attached hydrogens (primary N) is 1. The number of rotatable bonds is 3. The van der Waals surface area contributed by atoms with Gasteiger partial charge in [-0.05, 0) is 34.1 Å². The van der Waals surface area contributed by atoms with Gasteiger partial charge in [-0.15, -0.1) is 0 Å². The molecule has 1 aromatic heterocycles. The number of carbonyl (C=O) groups is 1. The Morgan fingerprint density at radius 2 is 2.11 bits per heavy atom. The van der Waals surface area contributed by atoms with Crippen LogP contribution in [-0.4, -0.2) is 15.9 Å². The van der Waals surface area contributed by atoms with E-state index >= 15 is 0 Å². The molecule has 0 bridgehead atoms. The van der Waals surface area contributed by atoms with Crippen molar-refractivity contribution in [3.8, 4) is 0 Å². The van der Waals surface area contributed by atoms with Gasteiger partial charge in [-0.25, -0.2) is 20.2 Å². The van der Waals surface area contributed by atoms with Crippen LogP contribution in [0.1, 0.15) is 10.5 Å². The van der Waals surface area contributed by atoms with E-state index in [1.165, 1.54) is 30.6 Å². The maximum Gasteiger partial charge on any atom is 0.275 e. The smallest absolute Gasteiger partial charge is 0.275 e. The van der Waals surface area contributed by atoms with Crippen molar-refractivity contribution in [1.29, 1.82) is 0 Å². The molecule has 0 atom stereocenters. The van der Waals surface area contributed by atoms with E-state index < -0.39 is 11.7 Å². The Balaban J connectivity index is 2.13. The molecule has 1 heterocycles. The summed E-state index contributed by atoms with van der Waals surface area (Å²) in [6, 6.07) is 4.14. The van der Waals surface area contributed by atoms with E-state index in [1.54, 1.807) is 0 Å². The van der Waals surface area contributed by atoms with Gasteiger partial charge in [0.15, 0.2) is 5.82 Å². The van der Waals surface area contributed by atoms with Crippen molar-refractivity contribution in [2.45, 2.75) is 0 Å². The minimum Gasteiger partial charge on any atom is -0.321 e. The van der Waals surface area contributed by atoms with Crippen LogP contribution < -0.4 is 16.6 Å². The van der Waals surface area contributed by atoms with E-state index in [4.69, 9.17) is 5.84 Å². The van der Waals surface area contributed by atoms with Gasteiger partial charge in [0.2, 0.25) is 0 Å². The van der Waals surface area contributed by atoms with Crippen molar-refractivity contribution in [2.75, 3.05) is 10.7 Å². The molecular weight excluding hydrogens is 317 g/mol. The zero-order chi connectivity index (χ0) is 13.8. The van der Waals surface area contributed by atoms with Crippen LogP contribution in [0.3, 0.4) is 0 Å². The van der Waals surface area contributed by atoms with Crippen molar-refractivity contribution in [1.82, 2.24) is 9.97 Å². The Labute approximate surface area is 116 Å². The number of hydrogen-bond donors (Lipinski definition) is 3. The number of hydrogen-bond acceptors (Lipinski definition) is 5. The molecule has 0 unspecified atom stereocenters. The van der Waals surface area contributed by atoms with Gasteiger partial charge in [0.25, 0.3) is 5.91 Å². The van der Waals surface area contributed by atoms with Crippen LogP contribution in [0.4, 0.5) is 15.9 Å². The third-order valence-electron chi connectivity index (χ3n) is 2.21. The van der Waals surface area contributed by atoms with Gasteiger partial charge >= 0.3 is 0 Å². The number of aromatic nitrogens is 2. The molecule has 0 spiro atoms. The lowest BCUT2D eigenvalue weighted by Gasteiger charge is -2.05. The van der Waals surface area contributed by atoms with E-state index in [0.717, 1.165) is 0 Å².